The van der Waals surface area contributed by atoms with Gasteiger partial charge in [0.25, 0.3) is 11.8 Å². The second kappa shape index (κ2) is 18.7. The lowest BCUT2D eigenvalue weighted by Crippen LogP contribution is -2.50. The summed E-state index contributed by atoms with van der Waals surface area (Å²) in [6.07, 6.45) is 9.59. The van der Waals surface area contributed by atoms with Gasteiger partial charge in [-0.15, -0.1) is 0 Å². The summed E-state index contributed by atoms with van der Waals surface area (Å²) in [6, 6.07) is 2.74. The number of halogens is 3. The van der Waals surface area contributed by atoms with Crippen LogP contribution >= 0.6 is 0 Å². The highest BCUT2D eigenvalue weighted by Gasteiger charge is 2.41. The van der Waals surface area contributed by atoms with Crippen molar-refractivity contribution in [2.24, 2.45) is 5.41 Å². The van der Waals surface area contributed by atoms with Gasteiger partial charge in [0, 0.05) is 86.9 Å². The van der Waals surface area contributed by atoms with Gasteiger partial charge < -0.3 is 45.9 Å². The van der Waals surface area contributed by atoms with Gasteiger partial charge in [0.2, 0.25) is 5.91 Å². The third-order valence-corrected chi connectivity index (χ3v) is 13.2. The average molecular weight is 878 g/mol. The van der Waals surface area contributed by atoms with Gasteiger partial charge in [0.05, 0.1) is 24.1 Å². The zero-order chi connectivity index (χ0) is 45.1. The van der Waals surface area contributed by atoms with Crippen LogP contribution in [0.15, 0.2) is 77.3 Å². The number of piperidine rings is 3. The maximum atomic E-state index is 13.7. The van der Waals surface area contributed by atoms with Crippen LogP contribution in [0.3, 0.4) is 0 Å². The van der Waals surface area contributed by atoms with Crippen LogP contribution in [-0.2, 0) is 9.59 Å². The van der Waals surface area contributed by atoms with Gasteiger partial charge in [-0.3, -0.25) is 24.6 Å². The molecule has 1 spiro atoms. The van der Waals surface area contributed by atoms with Crippen LogP contribution in [0.25, 0.3) is 0 Å². The van der Waals surface area contributed by atoms with Crippen LogP contribution in [0, 0.1) is 10.8 Å². The fourth-order valence-corrected chi connectivity index (χ4v) is 9.15. The SMILES string of the molecule is COc1ccc(C(=O)N2CCC3(CCN(CCN4CCC(N/C=C5/C=C(NC(=O)C6=CC=CC(C(F)(F)F)N6)C(C(C)(C)O)=CC5=N)CC4)CC3)CC2)cc1N1CCC(=O)NC1=O. The molecular formula is C45H58F3N9O6. The zero-order valence-electron chi connectivity index (χ0n) is 36.1. The van der Waals surface area contributed by atoms with Gasteiger partial charge in [-0.05, 0) is 107 Å². The molecule has 63 heavy (non-hydrogen) atoms. The Balaban J connectivity index is 0.845. The number of hydrogen-bond acceptors (Lipinski definition) is 11. The highest BCUT2D eigenvalue weighted by Crippen LogP contribution is 2.42. The van der Waals surface area contributed by atoms with E-state index in [0.717, 1.165) is 83.9 Å². The van der Waals surface area contributed by atoms with Gasteiger partial charge >= 0.3 is 12.2 Å². The first kappa shape index (κ1) is 45.6. The molecule has 1 aromatic carbocycles. The molecule has 7 rings (SSSR count). The fraction of sp³-hybridized carbons (Fsp3) is 0.533. The molecule has 1 aliphatic carbocycles. The lowest BCUT2D eigenvalue weighted by molar-refractivity contribution is -0.143. The number of likely N-dealkylation sites (tertiary alicyclic amines) is 3. The maximum Gasteiger partial charge on any atom is 0.412 e. The summed E-state index contributed by atoms with van der Waals surface area (Å²) in [5.41, 5.74) is 0.518. The molecule has 6 aliphatic rings. The van der Waals surface area contributed by atoms with Crippen molar-refractivity contribution in [1.29, 1.82) is 5.41 Å². The molecule has 0 bridgehead atoms. The number of imide groups is 1. The Morgan fingerprint density at radius 1 is 0.984 bits per heavy atom. The Hall–Kier alpha value is -5.46. The van der Waals surface area contributed by atoms with Crippen LogP contribution in [0.4, 0.5) is 23.7 Å². The van der Waals surface area contributed by atoms with Crippen molar-refractivity contribution in [2.75, 3.05) is 70.9 Å². The number of carbonyl (C=O) groups excluding carboxylic acids is 4. The summed E-state index contributed by atoms with van der Waals surface area (Å²) in [6.45, 7) is 10.4. The minimum atomic E-state index is -4.58. The van der Waals surface area contributed by atoms with E-state index in [9.17, 15) is 37.5 Å². The number of allylic oxidation sites excluding steroid dienone is 5. The predicted molar refractivity (Wildman–Crippen MR) is 231 cm³/mol. The van der Waals surface area contributed by atoms with Crippen LogP contribution < -0.4 is 30.9 Å². The van der Waals surface area contributed by atoms with Crippen LogP contribution in [0.2, 0.25) is 0 Å². The Labute approximate surface area is 365 Å². The van der Waals surface area contributed by atoms with Crippen molar-refractivity contribution in [1.82, 2.24) is 36.0 Å². The predicted octanol–water partition coefficient (Wildman–Crippen LogP) is 4.10. The van der Waals surface area contributed by atoms with E-state index in [4.69, 9.17) is 10.1 Å². The van der Waals surface area contributed by atoms with E-state index >= 15 is 0 Å². The quantitative estimate of drug-likeness (QED) is 0.190. The molecule has 1 unspecified atom stereocenters. The number of methoxy groups -OCH3 is 1. The molecule has 6 N–H and O–H groups in total. The first-order valence-corrected chi connectivity index (χ1v) is 21.7. The highest BCUT2D eigenvalue weighted by atomic mass is 19.4. The first-order chi connectivity index (χ1) is 29.9. The van der Waals surface area contributed by atoms with Gasteiger partial charge in [0.1, 0.15) is 17.5 Å². The number of nitrogens with one attached hydrogen (secondary N) is 5. The Kier molecular flexibility index (Phi) is 13.5. The fourth-order valence-electron chi connectivity index (χ4n) is 9.15. The number of urea groups is 1. The molecule has 18 heteroatoms. The summed E-state index contributed by atoms with van der Waals surface area (Å²) < 4.78 is 45.4. The van der Waals surface area contributed by atoms with E-state index < -0.39 is 29.8 Å². The molecular weight excluding hydrogens is 820 g/mol. The van der Waals surface area contributed by atoms with Crippen molar-refractivity contribution in [3.05, 3.63) is 82.9 Å². The molecule has 15 nitrogen and oxygen atoms in total. The summed E-state index contributed by atoms with van der Waals surface area (Å²) in [5.74, 6) is -0.744. The molecule has 0 radical (unpaired) electrons. The van der Waals surface area contributed by atoms with E-state index in [1.807, 2.05) is 4.90 Å². The van der Waals surface area contributed by atoms with Crippen LogP contribution in [-0.4, -0.2) is 139 Å². The smallest absolute Gasteiger partial charge is 0.412 e. The molecule has 340 valence electrons. The minimum absolute atomic E-state index is 0.0761. The van der Waals surface area contributed by atoms with Gasteiger partial charge in [0.15, 0.2) is 0 Å². The Bertz CT molecular complexity index is 2110. The van der Waals surface area contributed by atoms with Crippen LogP contribution in [0.5, 0.6) is 5.75 Å². The van der Waals surface area contributed by atoms with Crippen molar-refractivity contribution in [3.8, 4) is 5.75 Å². The number of benzene rings is 1. The van der Waals surface area contributed by atoms with E-state index in [0.29, 0.717) is 35.7 Å². The molecule has 4 saturated heterocycles. The number of nitrogens with zero attached hydrogens (tertiary/aromatic N) is 4. The number of carbonyl (C=O) groups is 4. The number of alkyl halides is 3. The number of anilines is 1. The summed E-state index contributed by atoms with van der Waals surface area (Å²) >= 11 is 0. The van der Waals surface area contributed by atoms with Gasteiger partial charge in [-0.25, -0.2) is 4.79 Å². The van der Waals surface area contributed by atoms with E-state index in [-0.39, 0.29) is 58.9 Å². The normalized spacial score (nSPS) is 23.5. The molecule has 4 fully saturated rings. The second-order valence-electron chi connectivity index (χ2n) is 17.8. The highest BCUT2D eigenvalue weighted by molar-refractivity contribution is 6.11. The zero-order valence-corrected chi connectivity index (χ0v) is 36.1. The topological polar surface area (TPSA) is 183 Å². The number of rotatable bonds is 11. The summed E-state index contributed by atoms with van der Waals surface area (Å²) in [4.78, 5) is 59.4. The van der Waals surface area contributed by atoms with Gasteiger partial charge in [-0.1, -0.05) is 12.2 Å². The monoisotopic (exact) mass is 877 g/mol. The van der Waals surface area contributed by atoms with E-state index in [1.165, 1.54) is 44.1 Å². The third-order valence-electron chi connectivity index (χ3n) is 13.2. The molecule has 0 aromatic heterocycles. The second-order valence-corrected chi connectivity index (χ2v) is 17.8. The Morgan fingerprint density at radius 3 is 2.29 bits per heavy atom. The molecule has 0 saturated carbocycles. The number of dihydropyridines is 1. The molecule has 1 atom stereocenters. The maximum absolute atomic E-state index is 13.7. The molecule has 5 aliphatic heterocycles. The van der Waals surface area contributed by atoms with Crippen LogP contribution in [0.1, 0.15) is 69.2 Å². The summed E-state index contributed by atoms with van der Waals surface area (Å²) in [7, 11) is 1.51. The number of aliphatic hydroxyl groups is 1. The number of ether oxygens (including phenoxy) is 1. The lowest BCUT2D eigenvalue weighted by atomic mass is 9.71. The van der Waals surface area contributed by atoms with Crippen molar-refractivity contribution < 1.29 is 42.2 Å². The van der Waals surface area contributed by atoms with Gasteiger partial charge in [-0.2, -0.15) is 13.2 Å². The lowest BCUT2D eigenvalue weighted by Gasteiger charge is -2.47. The van der Waals surface area contributed by atoms with Crippen molar-refractivity contribution >= 4 is 35.2 Å². The minimum Gasteiger partial charge on any atom is -0.495 e. The molecule has 5 amide bonds. The molecule has 5 heterocycles. The van der Waals surface area contributed by atoms with Crippen molar-refractivity contribution in [3.63, 3.8) is 0 Å². The standard InChI is InChI=1S/C45H58F3N9O6/c1-43(2,62)32-27-33(49)30(25-35(32)52-40(59)34-5-4-6-38(51-34)45(46,47)48)28-50-31-9-16-54(17-10-31)23-24-55-19-12-44(13-20-55)14-21-56(22-15-44)41(60)29-7-8-37(63-3)36(26-29)57-18-11-39(58)53-42(57)61/h4-8,25-28,31,38,49-51,62H,9-24H2,1-3H3,(H,52,59)(H,53,58,61)/b30-28-,49-33?. The Morgan fingerprint density at radius 2 is 1.65 bits per heavy atom. The largest absolute Gasteiger partial charge is 0.495 e. The number of amides is 5. The number of hydrogen-bond donors (Lipinski definition) is 6. The first-order valence-electron chi connectivity index (χ1n) is 21.7. The summed E-state index contributed by atoms with van der Waals surface area (Å²) in [5, 5.41) is 30.1. The third kappa shape index (κ3) is 10.8. The van der Waals surface area contributed by atoms with E-state index in [2.05, 4.69) is 31.1 Å². The molecule has 1 aromatic rings. The van der Waals surface area contributed by atoms with Crippen molar-refractivity contribution in [2.45, 2.75) is 82.7 Å². The average Bonchev–Trinajstić information content (AvgIpc) is 3.26. The van der Waals surface area contributed by atoms with E-state index in [1.54, 1.807) is 30.5 Å².